The highest BCUT2D eigenvalue weighted by atomic mass is 16.7. The third kappa shape index (κ3) is 30.0. The lowest BCUT2D eigenvalue weighted by molar-refractivity contribution is -0.302. The molecule has 7 atom stereocenters. The number of aliphatic hydroxyl groups is 5. The number of ether oxygens (including phenoxy) is 2. The number of hydrogen-bond acceptors (Lipinski definition) is 8. The van der Waals surface area contributed by atoms with Gasteiger partial charge in [-0.2, -0.15) is 0 Å². The van der Waals surface area contributed by atoms with Gasteiger partial charge in [0.2, 0.25) is 5.91 Å². The Labute approximate surface area is 351 Å². The van der Waals surface area contributed by atoms with E-state index >= 15 is 0 Å². The van der Waals surface area contributed by atoms with Crippen molar-refractivity contribution in [1.29, 1.82) is 0 Å². The fraction of sp³-hybridized carbons (Fsp3) is 0.979. The predicted molar refractivity (Wildman–Crippen MR) is 235 cm³/mol. The molecule has 1 aliphatic heterocycles. The van der Waals surface area contributed by atoms with Crippen LogP contribution in [0.25, 0.3) is 0 Å². The largest absolute Gasteiger partial charge is 0.394 e. The second-order valence-electron chi connectivity index (χ2n) is 17.6. The van der Waals surface area contributed by atoms with E-state index in [1.807, 2.05) is 6.92 Å². The van der Waals surface area contributed by atoms with Crippen LogP contribution in [0.15, 0.2) is 0 Å². The molecule has 9 nitrogen and oxygen atoms in total. The minimum absolute atomic E-state index is 0.140. The lowest BCUT2D eigenvalue weighted by atomic mass is 9.99. The molecule has 0 aromatic carbocycles. The van der Waals surface area contributed by atoms with E-state index in [-0.39, 0.29) is 12.5 Å². The smallest absolute Gasteiger partial charge is 0.220 e. The van der Waals surface area contributed by atoms with Gasteiger partial charge in [-0.25, -0.2) is 0 Å². The Balaban J connectivity index is 1.90. The first kappa shape index (κ1) is 54.2. The maximum Gasteiger partial charge on any atom is 0.220 e. The number of carbonyl (C=O) groups excluding carboxylic acids is 1. The van der Waals surface area contributed by atoms with Gasteiger partial charge in [-0.05, 0) is 12.8 Å². The predicted octanol–water partition coefficient (Wildman–Crippen LogP) is 10.7. The van der Waals surface area contributed by atoms with E-state index in [1.165, 1.54) is 193 Å². The number of amides is 1. The Hall–Kier alpha value is -0.810. The summed E-state index contributed by atoms with van der Waals surface area (Å²) < 4.78 is 11.1. The molecule has 0 aromatic rings. The van der Waals surface area contributed by atoms with Crippen molar-refractivity contribution >= 4 is 5.91 Å². The quantitative estimate of drug-likeness (QED) is 0.0334. The van der Waals surface area contributed by atoms with Crippen LogP contribution in [0.1, 0.15) is 245 Å². The van der Waals surface area contributed by atoms with Crippen molar-refractivity contribution in [3.8, 4) is 0 Å². The molecule has 57 heavy (non-hydrogen) atoms. The van der Waals surface area contributed by atoms with Crippen molar-refractivity contribution in [3.63, 3.8) is 0 Å². The number of carbonyl (C=O) groups is 1. The van der Waals surface area contributed by atoms with Gasteiger partial charge >= 0.3 is 0 Å². The molecule has 1 fully saturated rings. The Kier molecular flexibility index (Phi) is 37.4. The van der Waals surface area contributed by atoms with Crippen LogP contribution in [-0.4, -0.2) is 87.5 Å². The number of nitrogens with one attached hydrogen (secondary N) is 1. The first-order valence-corrected chi connectivity index (χ1v) is 24.7. The zero-order valence-corrected chi connectivity index (χ0v) is 37.4. The molecular weight excluding hydrogens is 719 g/mol. The number of unbranched alkanes of at least 4 members (excludes halogenated alkanes) is 32. The standard InChI is InChI=1S/C48H95NO8/c1-3-5-6-7-8-9-10-11-12-13-14-15-16-17-18-19-20-21-22-23-24-25-26-27-28-29-30-31-32-33-34-35-36-38-42(51)41(49-44(52)37-4-2)40-56-48-47(55)46(54)45(53)43(39-50)57-48/h41-43,45-48,50-51,53-55H,3-40H2,1-2H3,(H,49,52). The van der Waals surface area contributed by atoms with Gasteiger partial charge in [0.25, 0.3) is 0 Å². The van der Waals surface area contributed by atoms with E-state index in [0.29, 0.717) is 19.3 Å². The summed E-state index contributed by atoms with van der Waals surface area (Å²) in [7, 11) is 0. The SMILES string of the molecule is CCCCCCCCCCCCCCCCCCCCCCCCCCCCCCCCCCCC(O)C(COC1OC(CO)C(O)C(O)C1O)NC(=O)CCC. The van der Waals surface area contributed by atoms with Crippen LogP contribution in [0.2, 0.25) is 0 Å². The maximum absolute atomic E-state index is 12.3. The third-order valence-electron chi connectivity index (χ3n) is 12.2. The summed E-state index contributed by atoms with van der Waals surface area (Å²) in [5.74, 6) is -0.194. The van der Waals surface area contributed by atoms with Crippen molar-refractivity contribution < 1.29 is 39.8 Å². The summed E-state index contributed by atoms with van der Waals surface area (Å²) >= 11 is 0. The first-order chi connectivity index (χ1) is 27.8. The van der Waals surface area contributed by atoms with Crippen LogP contribution in [0.5, 0.6) is 0 Å². The van der Waals surface area contributed by atoms with Crippen molar-refractivity contribution in [2.24, 2.45) is 0 Å². The Morgan fingerprint density at radius 1 is 0.526 bits per heavy atom. The van der Waals surface area contributed by atoms with Crippen LogP contribution in [0.4, 0.5) is 0 Å². The number of rotatable bonds is 42. The topological polar surface area (TPSA) is 149 Å². The molecule has 0 aliphatic carbocycles. The van der Waals surface area contributed by atoms with Crippen molar-refractivity contribution in [2.45, 2.75) is 288 Å². The van der Waals surface area contributed by atoms with E-state index in [1.54, 1.807) is 0 Å². The molecule has 0 saturated carbocycles. The molecule has 1 heterocycles. The van der Waals surface area contributed by atoms with Gasteiger partial charge in [-0.3, -0.25) is 4.79 Å². The van der Waals surface area contributed by atoms with E-state index in [2.05, 4.69) is 12.2 Å². The Morgan fingerprint density at radius 2 is 0.877 bits per heavy atom. The molecule has 0 bridgehead atoms. The van der Waals surface area contributed by atoms with Gasteiger partial charge in [-0.1, -0.05) is 226 Å². The van der Waals surface area contributed by atoms with Crippen molar-refractivity contribution in [2.75, 3.05) is 13.2 Å². The summed E-state index contributed by atoms with van der Waals surface area (Å²) in [6, 6.07) is -0.709. The van der Waals surface area contributed by atoms with Crippen LogP contribution in [0, 0.1) is 0 Å². The molecule has 1 amide bonds. The van der Waals surface area contributed by atoms with E-state index in [9.17, 15) is 30.3 Å². The zero-order chi connectivity index (χ0) is 41.6. The molecule has 0 spiro atoms. The fourth-order valence-electron chi connectivity index (χ4n) is 8.27. The summed E-state index contributed by atoms with van der Waals surface area (Å²) in [6.07, 6.45) is 39.0. The molecule has 1 rings (SSSR count). The summed E-state index contributed by atoms with van der Waals surface area (Å²) in [5.41, 5.74) is 0. The average Bonchev–Trinajstić information content (AvgIpc) is 3.20. The second kappa shape index (κ2) is 39.3. The minimum atomic E-state index is -1.54. The van der Waals surface area contributed by atoms with Crippen LogP contribution in [0.3, 0.4) is 0 Å². The van der Waals surface area contributed by atoms with Gasteiger partial charge in [0.15, 0.2) is 6.29 Å². The lowest BCUT2D eigenvalue weighted by Gasteiger charge is -2.40. The Bertz CT molecular complexity index is 862. The van der Waals surface area contributed by atoms with Gasteiger partial charge in [0.1, 0.15) is 24.4 Å². The summed E-state index contributed by atoms with van der Waals surface area (Å²) in [4.78, 5) is 12.3. The average molecular weight is 814 g/mol. The van der Waals surface area contributed by atoms with Gasteiger partial charge in [0, 0.05) is 6.42 Å². The van der Waals surface area contributed by atoms with Crippen LogP contribution < -0.4 is 5.32 Å². The molecule has 0 aromatic heterocycles. The monoisotopic (exact) mass is 814 g/mol. The highest BCUT2D eigenvalue weighted by Crippen LogP contribution is 2.23. The normalized spacial score (nSPS) is 20.9. The molecule has 6 N–H and O–H groups in total. The van der Waals surface area contributed by atoms with E-state index in [0.717, 1.165) is 19.3 Å². The molecule has 9 heteroatoms. The highest BCUT2D eigenvalue weighted by Gasteiger charge is 2.44. The molecule has 0 radical (unpaired) electrons. The van der Waals surface area contributed by atoms with Gasteiger partial charge in [-0.15, -0.1) is 0 Å². The molecular formula is C48H95NO8. The van der Waals surface area contributed by atoms with E-state index in [4.69, 9.17) is 9.47 Å². The molecule has 1 aliphatic rings. The Morgan fingerprint density at radius 3 is 1.21 bits per heavy atom. The minimum Gasteiger partial charge on any atom is -0.394 e. The highest BCUT2D eigenvalue weighted by molar-refractivity contribution is 5.76. The second-order valence-corrected chi connectivity index (χ2v) is 17.6. The van der Waals surface area contributed by atoms with Crippen LogP contribution in [-0.2, 0) is 14.3 Å². The van der Waals surface area contributed by atoms with Crippen LogP contribution >= 0.6 is 0 Å². The first-order valence-electron chi connectivity index (χ1n) is 24.7. The maximum atomic E-state index is 12.3. The lowest BCUT2D eigenvalue weighted by Crippen LogP contribution is -2.60. The van der Waals surface area contributed by atoms with Gasteiger partial charge in [0.05, 0.1) is 25.4 Å². The molecule has 340 valence electrons. The van der Waals surface area contributed by atoms with Gasteiger partial charge < -0.3 is 40.3 Å². The zero-order valence-electron chi connectivity index (χ0n) is 37.4. The third-order valence-corrected chi connectivity index (χ3v) is 12.2. The summed E-state index contributed by atoms with van der Waals surface area (Å²) in [5, 5.41) is 53.5. The molecule has 1 saturated heterocycles. The van der Waals surface area contributed by atoms with Crippen molar-refractivity contribution in [1.82, 2.24) is 5.32 Å². The summed E-state index contributed by atoms with van der Waals surface area (Å²) in [6.45, 7) is 3.51. The number of aliphatic hydroxyl groups excluding tert-OH is 5. The fourth-order valence-corrected chi connectivity index (χ4v) is 8.27. The molecule has 7 unspecified atom stereocenters. The number of hydrogen-bond donors (Lipinski definition) is 6. The van der Waals surface area contributed by atoms with Crippen molar-refractivity contribution in [3.05, 3.63) is 0 Å². The van der Waals surface area contributed by atoms with E-state index < -0.39 is 49.5 Å².